The van der Waals surface area contributed by atoms with Crippen LogP contribution in [0, 0.1) is 18.6 Å². The minimum atomic E-state index is -0.791. The van der Waals surface area contributed by atoms with E-state index in [-0.39, 0.29) is 0 Å². The van der Waals surface area contributed by atoms with Crippen LogP contribution in [0.5, 0.6) is 0 Å². The Morgan fingerprint density at radius 2 is 2.04 bits per heavy atom. The summed E-state index contributed by atoms with van der Waals surface area (Å²) in [6, 6.07) is 10.3. The molecule has 1 aliphatic heterocycles. The fraction of sp³-hybridized carbons (Fsp3) is 0.350. The normalized spacial score (nSPS) is 18.8. The van der Waals surface area contributed by atoms with Gasteiger partial charge in [-0.15, -0.1) is 0 Å². The molecule has 0 bridgehead atoms. The van der Waals surface area contributed by atoms with Crippen LogP contribution in [0.3, 0.4) is 0 Å². The summed E-state index contributed by atoms with van der Waals surface area (Å²) in [5, 5.41) is 0. The highest BCUT2D eigenvalue weighted by Crippen LogP contribution is 2.30. The first kappa shape index (κ1) is 16.2. The largest absolute Gasteiger partial charge is 0.304 e. The molecule has 5 heteroatoms. The van der Waals surface area contributed by atoms with E-state index in [9.17, 15) is 8.78 Å². The molecule has 1 atom stereocenters. The maximum Gasteiger partial charge on any atom is 0.159 e. The molecule has 3 heterocycles. The number of hydrogen-bond acceptors (Lipinski definition) is 2. The lowest BCUT2D eigenvalue weighted by Crippen LogP contribution is -2.34. The number of hydrogen-bond donors (Lipinski definition) is 0. The van der Waals surface area contributed by atoms with Gasteiger partial charge in [0.1, 0.15) is 5.82 Å². The van der Waals surface area contributed by atoms with Gasteiger partial charge in [-0.1, -0.05) is 12.1 Å². The van der Waals surface area contributed by atoms with E-state index in [0.29, 0.717) is 12.5 Å². The number of halogens is 2. The molecule has 130 valence electrons. The van der Waals surface area contributed by atoms with Crippen molar-refractivity contribution in [3.05, 3.63) is 71.3 Å². The predicted molar refractivity (Wildman–Crippen MR) is 93.5 cm³/mol. The first-order valence-corrected chi connectivity index (χ1v) is 8.71. The Bertz CT molecular complexity index is 903. The summed E-state index contributed by atoms with van der Waals surface area (Å²) in [7, 11) is 0. The van der Waals surface area contributed by atoms with Gasteiger partial charge in [-0.3, -0.25) is 4.90 Å². The number of aromatic nitrogens is 2. The molecule has 0 spiro atoms. The van der Waals surface area contributed by atoms with Crippen molar-refractivity contribution in [1.29, 1.82) is 0 Å². The summed E-state index contributed by atoms with van der Waals surface area (Å²) in [6.45, 7) is 4.52. The topological polar surface area (TPSA) is 20.5 Å². The van der Waals surface area contributed by atoms with Gasteiger partial charge >= 0.3 is 0 Å². The number of fused-ring (bicyclic) bond motifs is 1. The minimum absolute atomic E-state index is 0.366. The molecule has 1 fully saturated rings. The zero-order chi connectivity index (χ0) is 17.4. The average Bonchev–Trinajstić information content (AvgIpc) is 2.96. The Morgan fingerprint density at radius 1 is 1.16 bits per heavy atom. The van der Waals surface area contributed by atoms with E-state index in [1.54, 1.807) is 6.07 Å². The zero-order valence-electron chi connectivity index (χ0n) is 14.3. The van der Waals surface area contributed by atoms with Gasteiger partial charge in [0, 0.05) is 25.2 Å². The van der Waals surface area contributed by atoms with Gasteiger partial charge in [0.15, 0.2) is 11.6 Å². The van der Waals surface area contributed by atoms with Gasteiger partial charge in [-0.05, 0) is 56.1 Å². The van der Waals surface area contributed by atoms with Crippen molar-refractivity contribution in [3.8, 4) is 0 Å². The van der Waals surface area contributed by atoms with E-state index in [2.05, 4.69) is 15.4 Å². The van der Waals surface area contributed by atoms with Gasteiger partial charge in [0.25, 0.3) is 0 Å². The zero-order valence-corrected chi connectivity index (χ0v) is 14.3. The smallest absolute Gasteiger partial charge is 0.159 e. The van der Waals surface area contributed by atoms with Crippen LogP contribution in [0.4, 0.5) is 8.78 Å². The molecule has 1 aromatic carbocycles. The molecular formula is C20H21F2N3. The van der Waals surface area contributed by atoms with Crippen molar-refractivity contribution in [2.45, 2.75) is 32.2 Å². The quantitative estimate of drug-likeness (QED) is 0.708. The molecule has 25 heavy (non-hydrogen) atoms. The summed E-state index contributed by atoms with van der Waals surface area (Å²) in [5.41, 5.74) is 3.12. The van der Waals surface area contributed by atoms with Crippen LogP contribution < -0.4 is 0 Å². The summed E-state index contributed by atoms with van der Waals surface area (Å²) in [5.74, 6) is -0.199. The fourth-order valence-corrected chi connectivity index (χ4v) is 3.84. The van der Waals surface area contributed by atoms with E-state index in [4.69, 9.17) is 4.98 Å². The average molecular weight is 341 g/mol. The molecule has 1 aliphatic rings. The summed E-state index contributed by atoms with van der Waals surface area (Å²) in [4.78, 5) is 7.12. The lowest BCUT2D eigenvalue weighted by Gasteiger charge is -2.32. The Kier molecular flexibility index (Phi) is 4.25. The van der Waals surface area contributed by atoms with E-state index in [1.165, 1.54) is 17.6 Å². The SMILES string of the molecule is Cc1nc(C2CCCN(Cc3ccc(F)c(F)c3)C2)c2ccccn12. The number of imidazole rings is 1. The van der Waals surface area contributed by atoms with Crippen LogP contribution in [-0.4, -0.2) is 27.4 Å². The monoisotopic (exact) mass is 341 g/mol. The highest BCUT2D eigenvalue weighted by atomic mass is 19.2. The third kappa shape index (κ3) is 3.16. The minimum Gasteiger partial charge on any atom is -0.304 e. The Hall–Kier alpha value is -2.27. The second-order valence-electron chi connectivity index (χ2n) is 6.82. The van der Waals surface area contributed by atoms with E-state index < -0.39 is 11.6 Å². The van der Waals surface area contributed by atoms with Crippen LogP contribution in [0.15, 0.2) is 42.6 Å². The van der Waals surface area contributed by atoms with E-state index in [0.717, 1.165) is 43.0 Å². The third-order valence-corrected chi connectivity index (χ3v) is 5.04. The van der Waals surface area contributed by atoms with Gasteiger partial charge in [-0.2, -0.15) is 0 Å². The lowest BCUT2D eigenvalue weighted by molar-refractivity contribution is 0.199. The Balaban J connectivity index is 1.55. The predicted octanol–water partition coefficient (Wildman–Crippen LogP) is 4.30. The van der Waals surface area contributed by atoms with Crippen LogP contribution in [0.25, 0.3) is 5.52 Å². The van der Waals surface area contributed by atoms with Crippen molar-refractivity contribution in [2.75, 3.05) is 13.1 Å². The first-order chi connectivity index (χ1) is 12.1. The molecule has 0 N–H and O–H groups in total. The number of pyridine rings is 1. The third-order valence-electron chi connectivity index (χ3n) is 5.04. The van der Waals surface area contributed by atoms with Crippen molar-refractivity contribution in [2.24, 2.45) is 0 Å². The number of nitrogens with zero attached hydrogens (tertiary/aromatic N) is 3. The van der Waals surface area contributed by atoms with Crippen LogP contribution >= 0.6 is 0 Å². The number of piperidine rings is 1. The molecule has 0 saturated carbocycles. The molecular weight excluding hydrogens is 320 g/mol. The fourth-order valence-electron chi connectivity index (χ4n) is 3.84. The molecule has 3 aromatic rings. The van der Waals surface area contributed by atoms with Crippen LogP contribution in [-0.2, 0) is 6.54 Å². The molecule has 2 aromatic heterocycles. The van der Waals surface area contributed by atoms with Crippen molar-refractivity contribution < 1.29 is 8.78 Å². The molecule has 3 nitrogen and oxygen atoms in total. The van der Waals surface area contributed by atoms with Crippen LogP contribution in [0.2, 0.25) is 0 Å². The van der Waals surface area contributed by atoms with Crippen molar-refractivity contribution >= 4 is 5.52 Å². The van der Waals surface area contributed by atoms with Crippen LogP contribution in [0.1, 0.15) is 35.8 Å². The molecule has 1 saturated heterocycles. The Labute approximate surface area is 145 Å². The summed E-state index contributed by atoms with van der Waals surface area (Å²) >= 11 is 0. The lowest BCUT2D eigenvalue weighted by atomic mass is 9.93. The standard InChI is InChI=1S/C20H21F2N3/c1-14-23-20(19-6-2-3-10-25(14)19)16-5-4-9-24(13-16)12-15-7-8-17(21)18(22)11-15/h2-3,6-8,10-11,16H,4-5,9,12-13H2,1H3. The van der Waals surface area contributed by atoms with E-state index >= 15 is 0 Å². The first-order valence-electron chi connectivity index (χ1n) is 8.71. The maximum absolute atomic E-state index is 13.4. The second-order valence-corrected chi connectivity index (χ2v) is 6.82. The summed E-state index contributed by atoms with van der Waals surface area (Å²) < 4.78 is 28.7. The van der Waals surface area contributed by atoms with Gasteiger partial charge in [0.2, 0.25) is 0 Å². The highest BCUT2D eigenvalue weighted by molar-refractivity contribution is 5.54. The molecule has 0 amide bonds. The van der Waals surface area contributed by atoms with Crippen molar-refractivity contribution in [1.82, 2.24) is 14.3 Å². The highest BCUT2D eigenvalue weighted by Gasteiger charge is 2.25. The van der Waals surface area contributed by atoms with E-state index in [1.807, 2.05) is 25.3 Å². The van der Waals surface area contributed by atoms with Gasteiger partial charge < -0.3 is 4.40 Å². The molecule has 4 rings (SSSR count). The number of benzene rings is 1. The van der Waals surface area contributed by atoms with Gasteiger partial charge in [-0.25, -0.2) is 13.8 Å². The number of likely N-dealkylation sites (tertiary alicyclic amines) is 1. The Morgan fingerprint density at radius 3 is 2.88 bits per heavy atom. The second kappa shape index (κ2) is 6.56. The molecule has 1 unspecified atom stereocenters. The van der Waals surface area contributed by atoms with Gasteiger partial charge in [0.05, 0.1) is 11.2 Å². The van der Waals surface area contributed by atoms with Crippen molar-refractivity contribution in [3.63, 3.8) is 0 Å². The maximum atomic E-state index is 13.4. The number of rotatable bonds is 3. The molecule has 0 radical (unpaired) electrons. The molecule has 0 aliphatic carbocycles. The summed E-state index contributed by atoms with van der Waals surface area (Å²) in [6.07, 6.45) is 4.23. The number of aryl methyl sites for hydroxylation is 1.